The van der Waals surface area contributed by atoms with Crippen LogP contribution in [0.15, 0.2) is 30.5 Å². The van der Waals surface area contributed by atoms with Gasteiger partial charge in [0.2, 0.25) is 0 Å². The van der Waals surface area contributed by atoms with Crippen LogP contribution in [0.3, 0.4) is 0 Å². The van der Waals surface area contributed by atoms with Crippen molar-refractivity contribution in [3.05, 3.63) is 36.2 Å². The number of aromatic nitrogens is 2. The Morgan fingerprint density at radius 3 is 2.50 bits per heavy atom. The minimum Gasteiger partial charge on any atom is -0.405 e. The Bertz CT molecular complexity index is 584. The lowest BCUT2D eigenvalue weighted by atomic mass is 10.1. The van der Waals surface area contributed by atoms with Crippen LogP contribution >= 0.6 is 12.4 Å². The molecule has 0 unspecified atom stereocenters. The van der Waals surface area contributed by atoms with Gasteiger partial charge in [-0.1, -0.05) is 18.2 Å². The van der Waals surface area contributed by atoms with Crippen LogP contribution in [0.25, 0.3) is 11.1 Å². The first kappa shape index (κ1) is 16.3. The van der Waals surface area contributed by atoms with Crippen LogP contribution in [0.5, 0.6) is 5.75 Å². The van der Waals surface area contributed by atoms with E-state index in [0.717, 1.165) is 0 Å². The molecule has 2 rings (SSSR count). The first-order valence-electron chi connectivity index (χ1n) is 5.48. The second-order valence-corrected chi connectivity index (χ2v) is 3.88. The Kier molecular flexibility index (Phi) is 5.02. The van der Waals surface area contributed by atoms with Gasteiger partial charge in [0.15, 0.2) is 0 Å². The Labute approximate surface area is 119 Å². The fraction of sp³-hybridized carbons (Fsp3) is 0.250. The molecule has 0 aliphatic heterocycles. The molecule has 0 atom stereocenters. The SMILES string of the molecule is Cl.Cn1ncc(-c2ccccc2OC(F)(F)F)c1CN. The summed E-state index contributed by atoms with van der Waals surface area (Å²) in [7, 11) is 1.68. The molecule has 0 saturated carbocycles. The lowest BCUT2D eigenvalue weighted by Crippen LogP contribution is -2.17. The number of rotatable bonds is 3. The molecule has 20 heavy (non-hydrogen) atoms. The molecule has 0 saturated heterocycles. The Morgan fingerprint density at radius 2 is 1.90 bits per heavy atom. The van der Waals surface area contributed by atoms with Crippen molar-refractivity contribution in [2.75, 3.05) is 0 Å². The number of halogens is 4. The molecule has 4 nitrogen and oxygen atoms in total. The van der Waals surface area contributed by atoms with Crippen molar-refractivity contribution >= 4 is 12.4 Å². The fourth-order valence-corrected chi connectivity index (χ4v) is 1.83. The lowest BCUT2D eigenvalue weighted by Gasteiger charge is -2.13. The van der Waals surface area contributed by atoms with E-state index in [-0.39, 0.29) is 24.7 Å². The molecule has 0 fully saturated rings. The average molecular weight is 308 g/mol. The van der Waals surface area contributed by atoms with Crippen LogP contribution in [0, 0.1) is 0 Å². The van der Waals surface area contributed by atoms with E-state index in [9.17, 15) is 13.2 Å². The molecule has 2 aromatic rings. The number of aryl methyl sites for hydroxylation is 1. The first-order chi connectivity index (χ1) is 8.92. The molecule has 8 heteroatoms. The smallest absolute Gasteiger partial charge is 0.405 e. The van der Waals surface area contributed by atoms with Gasteiger partial charge in [0.05, 0.1) is 11.9 Å². The van der Waals surface area contributed by atoms with Crippen molar-refractivity contribution in [3.8, 4) is 16.9 Å². The van der Waals surface area contributed by atoms with E-state index in [1.54, 1.807) is 13.1 Å². The molecular formula is C12H13ClF3N3O. The highest BCUT2D eigenvalue weighted by Gasteiger charge is 2.32. The summed E-state index contributed by atoms with van der Waals surface area (Å²) in [5.74, 6) is -0.266. The van der Waals surface area contributed by atoms with E-state index in [1.165, 1.54) is 29.1 Å². The third kappa shape index (κ3) is 3.43. The standard InChI is InChI=1S/C12H12F3N3O.ClH/c1-18-10(6-16)9(7-17-18)8-4-2-3-5-11(8)19-12(13,14)15;/h2-5,7H,6,16H2,1H3;1H. The van der Waals surface area contributed by atoms with Crippen molar-refractivity contribution < 1.29 is 17.9 Å². The van der Waals surface area contributed by atoms with Gasteiger partial charge in [-0.15, -0.1) is 25.6 Å². The maximum atomic E-state index is 12.4. The van der Waals surface area contributed by atoms with Gasteiger partial charge in [-0.25, -0.2) is 0 Å². The minimum absolute atomic E-state index is 0. The van der Waals surface area contributed by atoms with Crippen molar-refractivity contribution in [1.82, 2.24) is 9.78 Å². The summed E-state index contributed by atoms with van der Waals surface area (Å²) in [6, 6.07) is 5.91. The predicted octanol–water partition coefficient (Wildman–Crippen LogP) is 2.87. The number of hydrogen-bond acceptors (Lipinski definition) is 3. The quantitative estimate of drug-likeness (QED) is 0.948. The number of hydrogen-bond donors (Lipinski definition) is 1. The van der Waals surface area contributed by atoms with Crippen LogP contribution in [0.1, 0.15) is 5.69 Å². The molecule has 110 valence electrons. The summed E-state index contributed by atoms with van der Waals surface area (Å²) in [6.45, 7) is 0.173. The summed E-state index contributed by atoms with van der Waals surface area (Å²) in [5.41, 5.74) is 7.07. The van der Waals surface area contributed by atoms with Crippen LogP contribution < -0.4 is 10.5 Å². The van der Waals surface area contributed by atoms with Crippen LogP contribution in [-0.2, 0) is 13.6 Å². The maximum Gasteiger partial charge on any atom is 0.573 e. The lowest BCUT2D eigenvalue weighted by molar-refractivity contribution is -0.274. The third-order valence-electron chi connectivity index (χ3n) is 2.66. The van der Waals surface area contributed by atoms with E-state index in [2.05, 4.69) is 9.84 Å². The summed E-state index contributed by atoms with van der Waals surface area (Å²) in [6.07, 6.45) is -3.26. The van der Waals surface area contributed by atoms with Crippen LogP contribution in [0.4, 0.5) is 13.2 Å². The molecule has 0 aliphatic rings. The number of ether oxygens (including phenoxy) is 1. The number of alkyl halides is 3. The average Bonchev–Trinajstić information content (AvgIpc) is 2.69. The monoisotopic (exact) mass is 307 g/mol. The van der Waals surface area contributed by atoms with E-state index >= 15 is 0 Å². The summed E-state index contributed by atoms with van der Waals surface area (Å²) >= 11 is 0. The summed E-state index contributed by atoms with van der Waals surface area (Å²) in [4.78, 5) is 0. The van der Waals surface area contributed by atoms with E-state index in [4.69, 9.17) is 5.73 Å². The number of para-hydroxylation sites is 1. The van der Waals surface area contributed by atoms with Gasteiger partial charge in [-0.2, -0.15) is 5.10 Å². The fourth-order valence-electron chi connectivity index (χ4n) is 1.83. The zero-order valence-corrected chi connectivity index (χ0v) is 11.3. The molecule has 0 radical (unpaired) electrons. The maximum absolute atomic E-state index is 12.4. The molecule has 1 aromatic heterocycles. The molecular weight excluding hydrogens is 295 g/mol. The van der Waals surface area contributed by atoms with Gasteiger partial charge in [0, 0.05) is 24.7 Å². The third-order valence-corrected chi connectivity index (χ3v) is 2.66. The highest BCUT2D eigenvalue weighted by atomic mass is 35.5. The van der Waals surface area contributed by atoms with Crippen molar-refractivity contribution in [1.29, 1.82) is 0 Å². The molecule has 2 N–H and O–H groups in total. The van der Waals surface area contributed by atoms with Crippen LogP contribution in [0.2, 0.25) is 0 Å². The van der Waals surface area contributed by atoms with Crippen LogP contribution in [-0.4, -0.2) is 16.1 Å². The van der Waals surface area contributed by atoms with Gasteiger partial charge >= 0.3 is 6.36 Å². The van der Waals surface area contributed by atoms with Crippen molar-refractivity contribution in [3.63, 3.8) is 0 Å². The molecule has 0 aliphatic carbocycles. The van der Waals surface area contributed by atoms with E-state index in [1.807, 2.05) is 0 Å². The topological polar surface area (TPSA) is 53.1 Å². The zero-order valence-electron chi connectivity index (χ0n) is 10.5. The highest BCUT2D eigenvalue weighted by Crippen LogP contribution is 2.35. The van der Waals surface area contributed by atoms with Gasteiger partial charge in [0.25, 0.3) is 0 Å². The number of benzene rings is 1. The molecule has 0 amide bonds. The van der Waals surface area contributed by atoms with Gasteiger partial charge in [-0.3, -0.25) is 4.68 Å². The zero-order chi connectivity index (χ0) is 14.0. The second-order valence-electron chi connectivity index (χ2n) is 3.88. The van der Waals surface area contributed by atoms with Crippen molar-refractivity contribution in [2.24, 2.45) is 12.8 Å². The minimum atomic E-state index is -4.73. The summed E-state index contributed by atoms with van der Waals surface area (Å²) in [5, 5.41) is 4.00. The second kappa shape index (κ2) is 6.15. The highest BCUT2D eigenvalue weighted by molar-refractivity contribution is 5.85. The molecule has 0 spiro atoms. The Morgan fingerprint density at radius 1 is 1.25 bits per heavy atom. The Hall–Kier alpha value is -1.73. The van der Waals surface area contributed by atoms with Crippen molar-refractivity contribution in [2.45, 2.75) is 12.9 Å². The number of nitrogens with zero attached hydrogens (tertiary/aromatic N) is 2. The largest absolute Gasteiger partial charge is 0.573 e. The normalized spacial score (nSPS) is 11.1. The molecule has 0 bridgehead atoms. The van der Waals surface area contributed by atoms with Gasteiger partial charge in [-0.05, 0) is 6.07 Å². The van der Waals surface area contributed by atoms with E-state index in [0.29, 0.717) is 16.8 Å². The molecule has 1 heterocycles. The Balaban J connectivity index is 0.00000200. The number of nitrogens with two attached hydrogens (primary N) is 1. The van der Waals surface area contributed by atoms with Gasteiger partial charge < -0.3 is 10.5 Å². The van der Waals surface area contributed by atoms with E-state index < -0.39 is 6.36 Å². The first-order valence-corrected chi connectivity index (χ1v) is 5.48. The van der Waals surface area contributed by atoms with Gasteiger partial charge in [0.1, 0.15) is 5.75 Å². The predicted molar refractivity (Wildman–Crippen MR) is 70.5 cm³/mol. The summed E-state index contributed by atoms with van der Waals surface area (Å²) < 4.78 is 42.6. The molecule has 1 aromatic carbocycles.